The summed E-state index contributed by atoms with van der Waals surface area (Å²) >= 11 is 0. The highest BCUT2D eigenvalue weighted by molar-refractivity contribution is 5.68. The molecule has 0 saturated carbocycles. The summed E-state index contributed by atoms with van der Waals surface area (Å²) in [6.45, 7) is 0. The van der Waals surface area contributed by atoms with E-state index in [1.165, 1.54) is 7.05 Å². The first-order valence-electron chi connectivity index (χ1n) is 7.39. The average Bonchev–Trinajstić information content (AvgIpc) is 2.65. The van der Waals surface area contributed by atoms with Crippen LogP contribution >= 0.6 is 0 Å². The van der Waals surface area contributed by atoms with Crippen molar-refractivity contribution in [2.75, 3.05) is 5.32 Å². The fraction of sp³-hybridized carbons (Fsp3) is 0.0556. The van der Waals surface area contributed by atoms with Crippen LogP contribution in [0.3, 0.4) is 0 Å². The third kappa shape index (κ3) is 3.14. The molecule has 0 atom stereocenters. The Morgan fingerprint density at radius 3 is 2.44 bits per heavy atom. The zero-order valence-corrected chi connectivity index (χ0v) is 13.3. The molecule has 0 aliphatic rings. The number of hydrogen-bond acceptors (Lipinski definition) is 5. The van der Waals surface area contributed by atoms with E-state index in [9.17, 15) is 14.8 Å². The van der Waals surface area contributed by atoms with Gasteiger partial charge in [0.2, 0.25) is 0 Å². The Kier molecular flexibility index (Phi) is 4.10. The van der Waals surface area contributed by atoms with Gasteiger partial charge in [0.15, 0.2) is 0 Å². The average molecular weight is 334 g/mol. The molecule has 7 nitrogen and oxygen atoms in total. The molecule has 0 aliphatic carbocycles. The Bertz CT molecular complexity index is 1090. The lowest BCUT2D eigenvalue weighted by molar-refractivity contribution is 0.156. The summed E-state index contributed by atoms with van der Waals surface area (Å²) in [5.74, 6) is 0.263. The molecule has 0 unspecified atom stereocenters. The molecule has 0 spiro atoms. The molecule has 3 rings (SSSR count). The van der Waals surface area contributed by atoms with Gasteiger partial charge in [0.05, 0.1) is 11.6 Å². The zero-order chi connectivity index (χ0) is 18.0. The lowest BCUT2D eigenvalue weighted by atomic mass is 10.0. The SMILES string of the molecule is Cn1c(Nc2ccc(-c3cccc(C#N)c3)cc2)cc(=O)n(O)c1=O. The van der Waals surface area contributed by atoms with E-state index in [1.807, 2.05) is 24.3 Å². The van der Waals surface area contributed by atoms with Crippen LogP contribution in [0, 0.1) is 11.3 Å². The van der Waals surface area contributed by atoms with Gasteiger partial charge in [-0.3, -0.25) is 9.36 Å². The zero-order valence-electron chi connectivity index (χ0n) is 13.3. The van der Waals surface area contributed by atoms with E-state index in [2.05, 4.69) is 11.4 Å². The van der Waals surface area contributed by atoms with E-state index in [4.69, 9.17) is 5.26 Å². The maximum Gasteiger partial charge on any atom is 0.365 e. The molecule has 0 radical (unpaired) electrons. The van der Waals surface area contributed by atoms with Crippen molar-refractivity contribution in [2.45, 2.75) is 0 Å². The number of anilines is 2. The van der Waals surface area contributed by atoms with Crippen LogP contribution in [-0.2, 0) is 7.05 Å². The van der Waals surface area contributed by atoms with E-state index < -0.39 is 11.2 Å². The minimum absolute atomic E-state index is 0.0520. The van der Waals surface area contributed by atoms with E-state index in [0.29, 0.717) is 11.3 Å². The highest BCUT2D eigenvalue weighted by atomic mass is 16.5. The third-order valence-electron chi connectivity index (χ3n) is 3.78. The van der Waals surface area contributed by atoms with Crippen molar-refractivity contribution in [2.24, 2.45) is 7.05 Å². The molecule has 1 heterocycles. The van der Waals surface area contributed by atoms with Gasteiger partial charge in [-0.2, -0.15) is 5.26 Å². The molecule has 1 aromatic heterocycles. The van der Waals surface area contributed by atoms with E-state index in [-0.39, 0.29) is 10.5 Å². The van der Waals surface area contributed by atoms with E-state index >= 15 is 0 Å². The highest BCUT2D eigenvalue weighted by Gasteiger charge is 2.08. The van der Waals surface area contributed by atoms with Gasteiger partial charge < -0.3 is 10.5 Å². The van der Waals surface area contributed by atoms with Gasteiger partial charge in [-0.25, -0.2) is 4.79 Å². The maximum absolute atomic E-state index is 11.7. The van der Waals surface area contributed by atoms with Crippen LogP contribution in [0.15, 0.2) is 64.2 Å². The Labute approximate surface area is 142 Å². The van der Waals surface area contributed by atoms with Crippen molar-refractivity contribution >= 4 is 11.5 Å². The molecule has 0 bridgehead atoms. The van der Waals surface area contributed by atoms with Gasteiger partial charge in [-0.05, 0) is 35.4 Å². The molecule has 7 heteroatoms. The highest BCUT2D eigenvalue weighted by Crippen LogP contribution is 2.23. The third-order valence-corrected chi connectivity index (χ3v) is 3.78. The number of benzene rings is 2. The number of rotatable bonds is 3. The molecule has 25 heavy (non-hydrogen) atoms. The predicted molar refractivity (Wildman–Crippen MR) is 93.0 cm³/mol. The molecule has 0 saturated heterocycles. The number of nitriles is 1. The van der Waals surface area contributed by atoms with Crippen LogP contribution in [0.1, 0.15) is 5.56 Å². The first-order valence-corrected chi connectivity index (χ1v) is 7.39. The quantitative estimate of drug-likeness (QED) is 0.714. The van der Waals surface area contributed by atoms with Crippen LogP contribution < -0.4 is 16.6 Å². The van der Waals surface area contributed by atoms with Crippen molar-refractivity contribution in [1.82, 2.24) is 9.30 Å². The smallest absolute Gasteiger partial charge is 0.365 e. The second kappa shape index (κ2) is 6.37. The van der Waals surface area contributed by atoms with Crippen molar-refractivity contribution < 1.29 is 5.21 Å². The van der Waals surface area contributed by atoms with Crippen LogP contribution in [0.5, 0.6) is 0 Å². The van der Waals surface area contributed by atoms with Crippen LogP contribution in [0.2, 0.25) is 0 Å². The summed E-state index contributed by atoms with van der Waals surface area (Å²) in [5, 5.41) is 21.2. The van der Waals surface area contributed by atoms with Crippen LogP contribution in [0.4, 0.5) is 11.5 Å². The van der Waals surface area contributed by atoms with Crippen molar-refractivity contribution in [1.29, 1.82) is 5.26 Å². The Hall–Kier alpha value is -3.79. The molecule has 0 amide bonds. The molecule has 3 aromatic rings. The fourth-order valence-corrected chi connectivity index (χ4v) is 2.40. The van der Waals surface area contributed by atoms with E-state index in [0.717, 1.165) is 21.8 Å². The molecule has 0 fully saturated rings. The lowest BCUT2D eigenvalue weighted by Gasteiger charge is -2.11. The van der Waals surface area contributed by atoms with Crippen molar-refractivity contribution in [3.8, 4) is 17.2 Å². The monoisotopic (exact) mass is 334 g/mol. The fourth-order valence-electron chi connectivity index (χ4n) is 2.40. The summed E-state index contributed by atoms with van der Waals surface area (Å²) in [6.07, 6.45) is 0. The standard InChI is InChI=1S/C18H14N4O3/c1-21-16(10-17(23)22(25)18(21)24)20-15-7-5-13(6-8-15)14-4-2-3-12(9-14)11-19/h2-10,20,25H,1H3. The lowest BCUT2D eigenvalue weighted by Crippen LogP contribution is -2.37. The van der Waals surface area contributed by atoms with Gasteiger partial charge in [0.1, 0.15) is 5.82 Å². The minimum atomic E-state index is -0.833. The summed E-state index contributed by atoms with van der Waals surface area (Å²) in [5.41, 5.74) is 1.46. The minimum Gasteiger partial charge on any atom is -0.421 e. The number of nitrogens with zero attached hydrogens (tertiary/aromatic N) is 3. The molecule has 2 N–H and O–H groups in total. The van der Waals surface area contributed by atoms with Crippen LogP contribution in [0.25, 0.3) is 11.1 Å². The van der Waals surface area contributed by atoms with Gasteiger partial charge in [-0.1, -0.05) is 29.0 Å². The normalized spacial score (nSPS) is 10.2. The van der Waals surface area contributed by atoms with Gasteiger partial charge in [0, 0.05) is 18.8 Å². The van der Waals surface area contributed by atoms with Crippen molar-refractivity contribution in [3.05, 3.63) is 81.0 Å². The number of hydrogen-bond donors (Lipinski definition) is 2. The Balaban J connectivity index is 1.90. The predicted octanol–water partition coefficient (Wildman–Crippen LogP) is 2.07. The number of nitrogens with one attached hydrogen (secondary N) is 1. The van der Waals surface area contributed by atoms with Crippen molar-refractivity contribution in [3.63, 3.8) is 0 Å². The summed E-state index contributed by atoms with van der Waals surface area (Å²) in [4.78, 5) is 23.2. The topological polar surface area (TPSA) is 100 Å². The second-order valence-corrected chi connectivity index (χ2v) is 5.42. The second-order valence-electron chi connectivity index (χ2n) is 5.42. The number of aromatic nitrogens is 2. The van der Waals surface area contributed by atoms with Gasteiger partial charge in [-0.15, -0.1) is 0 Å². The maximum atomic E-state index is 11.7. The first kappa shape index (κ1) is 16.1. The summed E-state index contributed by atoms with van der Waals surface area (Å²) in [6, 6.07) is 17.8. The summed E-state index contributed by atoms with van der Waals surface area (Å²) < 4.78 is 1.18. The molecular formula is C18H14N4O3. The molecule has 124 valence electrons. The Morgan fingerprint density at radius 1 is 1.04 bits per heavy atom. The molecule has 0 aliphatic heterocycles. The molecule has 2 aromatic carbocycles. The largest absolute Gasteiger partial charge is 0.421 e. The van der Waals surface area contributed by atoms with Gasteiger partial charge >= 0.3 is 5.69 Å². The molecular weight excluding hydrogens is 320 g/mol. The van der Waals surface area contributed by atoms with Crippen LogP contribution in [-0.4, -0.2) is 14.5 Å². The van der Waals surface area contributed by atoms with Gasteiger partial charge in [0.25, 0.3) is 5.56 Å². The van der Waals surface area contributed by atoms with E-state index in [1.54, 1.807) is 24.3 Å². The Morgan fingerprint density at radius 2 is 1.76 bits per heavy atom. The summed E-state index contributed by atoms with van der Waals surface area (Å²) in [7, 11) is 1.44. The first-order chi connectivity index (χ1) is 12.0.